The van der Waals surface area contributed by atoms with E-state index < -0.39 is 0 Å². The Hall–Kier alpha value is -2.09. The summed E-state index contributed by atoms with van der Waals surface area (Å²) in [7, 11) is 0. The maximum absolute atomic E-state index is 11.9. The minimum absolute atomic E-state index is 0.142. The Labute approximate surface area is 101 Å². The van der Waals surface area contributed by atoms with Crippen LogP contribution < -0.4 is 5.73 Å². The van der Waals surface area contributed by atoms with E-state index in [2.05, 4.69) is 0 Å². The first-order valence-electron chi connectivity index (χ1n) is 5.70. The van der Waals surface area contributed by atoms with Gasteiger partial charge in [0.25, 0.3) is 0 Å². The summed E-state index contributed by atoms with van der Waals surface area (Å²) in [4.78, 5) is 11.9. The number of Topliss-reactive ketones (excluding diaryl/α,β-unsaturated/α-hetero) is 1. The highest BCUT2D eigenvalue weighted by molar-refractivity contribution is 6.02. The molecular weight excluding hydrogens is 210 g/mol. The Balaban J connectivity index is 2.59. The van der Waals surface area contributed by atoms with Gasteiger partial charge in [-0.3, -0.25) is 4.79 Å². The average molecular weight is 225 g/mol. The Bertz CT molecular complexity index is 532. The summed E-state index contributed by atoms with van der Waals surface area (Å²) in [6.45, 7) is 1.87. The normalized spacial score (nSPS) is 10.2. The van der Waals surface area contributed by atoms with E-state index in [1.54, 1.807) is 6.07 Å². The summed E-state index contributed by atoms with van der Waals surface area (Å²) in [5.41, 5.74) is 9.15. The van der Waals surface area contributed by atoms with Gasteiger partial charge in [-0.25, -0.2) is 0 Å². The lowest BCUT2D eigenvalue weighted by Crippen LogP contribution is -2.00. The highest BCUT2D eigenvalue weighted by Gasteiger charge is 2.11. The van der Waals surface area contributed by atoms with Gasteiger partial charge in [-0.1, -0.05) is 37.3 Å². The standard InChI is InChI=1S/C15H15NO/c1-2-15(17)13-9-8-12(16)10-14(13)11-6-4-3-5-7-11/h3-10H,2,16H2,1H3. The molecule has 2 rings (SSSR count). The van der Waals surface area contributed by atoms with Crippen molar-refractivity contribution in [2.24, 2.45) is 0 Å². The fourth-order valence-corrected chi connectivity index (χ4v) is 1.85. The monoisotopic (exact) mass is 225 g/mol. The fourth-order valence-electron chi connectivity index (χ4n) is 1.85. The van der Waals surface area contributed by atoms with E-state index in [0.717, 1.165) is 16.7 Å². The second-order valence-electron chi connectivity index (χ2n) is 3.95. The zero-order valence-corrected chi connectivity index (χ0v) is 9.81. The quantitative estimate of drug-likeness (QED) is 0.641. The maximum atomic E-state index is 11.9. The lowest BCUT2D eigenvalue weighted by Gasteiger charge is -2.09. The number of nitrogen functional groups attached to an aromatic ring is 1. The summed E-state index contributed by atoms with van der Waals surface area (Å²) in [5.74, 6) is 0.142. The van der Waals surface area contributed by atoms with E-state index in [1.807, 2.05) is 49.4 Å². The van der Waals surface area contributed by atoms with Crippen LogP contribution in [0.15, 0.2) is 48.5 Å². The van der Waals surface area contributed by atoms with Crippen LogP contribution in [0.2, 0.25) is 0 Å². The summed E-state index contributed by atoms with van der Waals surface area (Å²) in [6.07, 6.45) is 0.504. The van der Waals surface area contributed by atoms with Crippen LogP contribution in [0.5, 0.6) is 0 Å². The number of ketones is 1. The Kier molecular flexibility index (Phi) is 3.24. The number of benzene rings is 2. The predicted molar refractivity (Wildman–Crippen MR) is 70.9 cm³/mol. The number of carbonyl (C=O) groups excluding carboxylic acids is 1. The summed E-state index contributed by atoms with van der Waals surface area (Å²) in [6, 6.07) is 15.3. The van der Waals surface area contributed by atoms with Gasteiger partial charge >= 0.3 is 0 Å². The predicted octanol–water partition coefficient (Wildman–Crippen LogP) is 3.53. The fraction of sp³-hybridized carbons (Fsp3) is 0.133. The van der Waals surface area contributed by atoms with Crippen molar-refractivity contribution in [3.63, 3.8) is 0 Å². The Morgan fingerprint density at radius 3 is 2.47 bits per heavy atom. The molecule has 0 aliphatic rings. The summed E-state index contributed by atoms with van der Waals surface area (Å²) in [5, 5.41) is 0. The Morgan fingerprint density at radius 1 is 1.12 bits per heavy atom. The molecule has 0 saturated heterocycles. The van der Waals surface area contributed by atoms with Crippen molar-refractivity contribution in [2.75, 3.05) is 5.73 Å². The first kappa shape index (κ1) is 11.4. The third-order valence-electron chi connectivity index (χ3n) is 2.75. The van der Waals surface area contributed by atoms with E-state index in [-0.39, 0.29) is 5.78 Å². The molecule has 0 aromatic heterocycles. The van der Waals surface area contributed by atoms with Crippen LogP contribution in [0.3, 0.4) is 0 Å². The summed E-state index contributed by atoms with van der Waals surface area (Å²) >= 11 is 0. The third-order valence-corrected chi connectivity index (χ3v) is 2.75. The maximum Gasteiger partial charge on any atom is 0.163 e. The second kappa shape index (κ2) is 4.83. The van der Waals surface area contributed by atoms with Crippen LogP contribution in [0.1, 0.15) is 23.7 Å². The number of hydrogen-bond acceptors (Lipinski definition) is 2. The number of anilines is 1. The molecule has 0 spiro atoms. The van der Waals surface area contributed by atoms with Crippen LogP contribution in [-0.2, 0) is 0 Å². The van der Waals surface area contributed by atoms with Crippen molar-refractivity contribution >= 4 is 11.5 Å². The zero-order valence-electron chi connectivity index (χ0n) is 9.81. The van der Waals surface area contributed by atoms with Gasteiger partial charge in [0.2, 0.25) is 0 Å². The molecule has 2 aromatic carbocycles. The number of hydrogen-bond donors (Lipinski definition) is 1. The van der Waals surface area contributed by atoms with Gasteiger partial charge in [0.1, 0.15) is 0 Å². The second-order valence-corrected chi connectivity index (χ2v) is 3.95. The van der Waals surface area contributed by atoms with Gasteiger partial charge in [0.05, 0.1) is 0 Å². The van der Waals surface area contributed by atoms with Crippen LogP contribution in [-0.4, -0.2) is 5.78 Å². The van der Waals surface area contributed by atoms with E-state index in [0.29, 0.717) is 12.1 Å². The largest absolute Gasteiger partial charge is 0.399 e. The third kappa shape index (κ3) is 2.36. The van der Waals surface area contributed by atoms with Crippen molar-refractivity contribution in [2.45, 2.75) is 13.3 Å². The molecule has 0 atom stereocenters. The smallest absolute Gasteiger partial charge is 0.163 e. The average Bonchev–Trinajstić information content (AvgIpc) is 2.39. The topological polar surface area (TPSA) is 43.1 Å². The molecule has 0 amide bonds. The molecular formula is C15H15NO. The van der Waals surface area contributed by atoms with Crippen molar-refractivity contribution in [3.8, 4) is 11.1 Å². The van der Waals surface area contributed by atoms with Crippen LogP contribution in [0, 0.1) is 0 Å². The van der Waals surface area contributed by atoms with Crippen molar-refractivity contribution in [1.29, 1.82) is 0 Å². The van der Waals surface area contributed by atoms with Crippen molar-refractivity contribution < 1.29 is 4.79 Å². The van der Waals surface area contributed by atoms with Crippen LogP contribution in [0.25, 0.3) is 11.1 Å². The van der Waals surface area contributed by atoms with E-state index in [9.17, 15) is 4.79 Å². The first-order chi connectivity index (χ1) is 8.22. The molecule has 2 aromatic rings. The highest BCUT2D eigenvalue weighted by Crippen LogP contribution is 2.26. The van der Waals surface area contributed by atoms with E-state index in [4.69, 9.17) is 5.73 Å². The van der Waals surface area contributed by atoms with Crippen molar-refractivity contribution in [3.05, 3.63) is 54.1 Å². The van der Waals surface area contributed by atoms with E-state index in [1.165, 1.54) is 0 Å². The van der Waals surface area contributed by atoms with Crippen molar-refractivity contribution in [1.82, 2.24) is 0 Å². The number of rotatable bonds is 3. The lowest BCUT2D eigenvalue weighted by molar-refractivity contribution is 0.0989. The molecule has 0 radical (unpaired) electrons. The molecule has 0 fully saturated rings. The molecule has 17 heavy (non-hydrogen) atoms. The molecule has 86 valence electrons. The molecule has 2 nitrogen and oxygen atoms in total. The van der Waals surface area contributed by atoms with Gasteiger partial charge < -0.3 is 5.73 Å². The molecule has 2 N–H and O–H groups in total. The van der Waals surface area contributed by atoms with Crippen LogP contribution in [0.4, 0.5) is 5.69 Å². The summed E-state index contributed by atoms with van der Waals surface area (Å²) < 4.78 is 0. The first-order valence-corrected chi connectivity index (χ1v) is 5.70. The lowest BCUT2D eigenvalue weighted by atomic mass is 9.95. The minimum atomic E-state index is 0.142. The number of nitrogens with two attached hydrogens (primary N) is 1. The SMILES string of the molecule is CCC(=O)c1ccc(N)cc1-c1ccccc1. The molecule has 0 aliphatic carbocycles. The molecule has 0 saturated carbocycles. The van der Waals surface area contributed by atoms with Gasteiger partial charge in [-0.05, 0) is 29.3 Å². The molecule has 2 heteroatoms. The molecule has 0 bridgehead atoms. The minimum Gasteiger partial charge on any atom is -0.399 e. The number of carbonyl (C=O) groups is 1. The van der Waals surface area contributed by atoms with Gasteiger partial charge in [0.15, 0.2) is 5.78 Å². The highest BCUT2D eigenvalue weighted by atomic mass is 16.1. The molecule has 0 unspecified atom stereocenters. The van der Waals surface area contributed by atoms with Gasteiger partial charge in [-0.15, -0.1) is 0 Å². The Morgan fingerprint density at radius 2 is 1.82 bits per heavy atom. The molecule has 0 aliphatic heterocycles. The van der Waals surface area contributed by atoms with Gasteiger partial charge in [0, 0.05) is 17.7 Å². The zero-order chi connectivity index (χ0) is 12.3. The van der Waals surface area contributed by atoms with E-state index >= 15 is 0 Å². The van der Waals surface area contributed by atoms with Crippen LogP contribution >= 0.6 is 0 Å². The molecule has 0 heterocycles. The van der Waals surface area contributed by atoms with Gasteiger partial charge in [-0.2, -0.15) is 0 Å².